The van der Waals surface area contributed by atoms with Crippen molar-refractivity contribution in [3.63, 3.8) is 0 Å². The number of hydrogen-bond donors (Lipinski definition) is 0. The SMILES string of the molecule is CC#Cc1ccc(C2Oc3ccc(OC)cc3C(C)=C2c2cccc(OC)c2)cc1. The molecule has 0 radical (unpaired) electrons. The molecule has 0 amide bonds. The van der Waals surface area contributed by atoms with Crippen LogP contribution >= 0.6 is 0 Å². The van der Waals surface area contributed by atoms with Crippen LogP contribution in [0.25, 0.3) is 11.1 Å². The number of allylic oxidation sites excluding steroid dienone is 1. The van der Waals surface area contributed by atoms with E-state index >= 15 is 0 Å². The van der Waals surface area contributed by atoms with Crippen molar-refractivity contribution in [2.45, 2.75) is 20.0 Å². The highest BCUT2D eigenvalue weighted by Crippen LogP contribution is 2.47. The number of benzene rings is 3. The fraction of sp³-hybridized carbons (Fsp3) is 0.185. The summed E-state index contributed by atoms with van der Waals surface area (Å²) in [6.45, 7) is 3.98. The van der Waals surface area contributed by atoms with Gasteiger partial charge in [0.1, 0.15) is 23.4 Å². The normalized spacial score (nSPS) is 14.9. The third-order valence-corrected chi connectivity index (χ3v) is 5.37. The standard InChI is InChI=1S/C27H24O3/c1-5-7-19-10-12-20(13-11-19)27-26(21-8-6-9-22(16-21)28-3)18(2)24-17-23(29-4)14-15-25(24)30-27/h6,8-17,27H,1-4H3. The van der Waals surface area contributed by atoms with Crippen LogP contribution in [0.15, 0.2) is 66.7 Å². The van der Waals surface area contributed by atoms with Crippen molar-refractivity contribution in [1.82, 2.24) is 0 Å². The maximum Gasteiger partial charge on any atom is 0.150 e. The van der Waals surface area contributed by atoms with E-state index in [1.54, 1.807) is 14.2 Å². The quantitative estimate of drug-likeness (QED) is 0.496. The van der Waals surface area contributed by atoms with Crippen LogP contribution in [0.1, 0.15) is 42.2 Å². The van der Waals surface area contributed by atoms with E-state index in [2.05, 4.69) is 43.0 Å². The molecule has 4 rings (SSSR count). The molecular formula is C27H24O3. The van der Waals surface area contributed by atoms with Gasteiger partial charge in [-0.2, -0.15) is 0 Å². The van der Waals surface area contributed by atoms with Crippen molar-refractivity contribution >= 4 is 11.1 Å². The highest BCUT2D eigenvalue weighted by molar-refractivity contribution is 5.95. The zero-order valence-corrected chi connectivity index (χ0v) is 17.7. The maximum atomic E-state index is 6.54. The molecule has 3 heteroatoms. The zero-order chi connectivity index (χ0) is 21.1. The Kier molecular flexibility index (Phi) is 5.50. The first kappa shape index (κ1) is 19.7. The van der Waals surface area contributed by atoms with Crippen LogP contribution in [-0.2, 0) is 0 Å². The molecule has 1 aliphatic rings. The summed E-state index contributed by atoms with van der Waals surface area (Å²) in [6, 6.07) is 22.3. The Balaban J connectivity index is 1.89. The molecule has 0 saturated heterocycles. The molecule has 3 aromatic carbocycles. The summed E-state index contributed by atoms with van der Waals surface area (Å²) in [5, 5.41) is 0. The molecule has 3 aromatic rings. The van der Waals surface area contributed by atoms with Crippen LogP contribution < -0.4 is 14.2 Å². The molecule has 1 heterocycles. The number of rotatable bonds is 4. The molecule has 0 N–H and O–H groups in total. The summed E-state index contributed by atoms with van der Waals surface area (Å²) in [5.41, 5.74) is 6.45. The third-order valence-electron chi connectivity index (χ3n) is 5.37. The molecule has 1 atom stereocenters. The van der Waals surface area contributed by atoms with E-state index in [0.717, 1.165) is 50.6 Å². The first-order valence-corrected chi connectivity index (χ1v) is 9.87. The van der Waals surface area contributed by atoms with Crippen molar-refractivity contribution in [3.8, 4) is 29.1 Å². The Morgan fingerprint density at radius 1 is 0.867 bits per heavy atom. The van der Waals surface area contributed by atoms with Crippen LogP contribution in [0, 0.1) is 11.8 Å². The first-order valence-electron chi connectivity index (χ1n) is 9.87. The summed E-state index contributed by atoms with van der Waals surface area (Å²) in [7, 11) is 3.36. The predicted molar refractivity (Wildman–Crippen MR) is 121 cm³/mol. The first-order chi connectivity index (χ1) is 14.6. The fourth-order valence-electron chi connectivity index (χ4n) is 3.84. The molecule has 0 fully saturated rings. The van der Waals surface area contributed by atoms with Gasteiger partial charge >= 0.3 is 0 Å². The van der Waals surface area contributed by atoms with E-state index in [4.69, 9.17) is 14.2 Å². The molecule has 0 aliphatic carbocycles. The summed E-state index contributed by atoms with van der Waals surface area (Å²) in [5.74, 6) is 8.52. The van der Waals surface area contributed by atoms with Crippen molar-refractivity contribution in [2.75, 3.05) is 14.2 Å². The Labute approximate surface area is 177 Å². The van der Waals surface area contributed by atoms with Gasteiger partial charge in [-0.15, -0.1) is 5.92 Å². The number of methoxy groups -OCH3 is 2. The van der Waals surface area contributed by atoms with Gasteiger partial charge < -0.3 is 14.2 Å². The number of hydrogen-bond acceptors (Lipinski definition) is 3. The topological polar surface area (TPSA) is 27.7 Å². The lowest BCUT2D eigenvalue weighted by Gasteiger charge is -2.31. The van der Waals surface area contributed by atoms with E-state index < -0.39 is 0 Å². The van der Waals surface area contributed by atoms with Crippen molar-refractivity contribution in [3.05, 3.63) is 89.0 Å². The second kappa shape index (κ2) is 8.39. The fourth-order valence-corrected chi connectivity index (χ4v) is 3.84. The Bertz CT molecular complexity index is 1160. The zero-order valence-electron chi connectivity index (χ0n) is 17.7. The van der Waals surface area contributed by atoms with Crippen molar-refractivity contribution in [1.29, 1.82) is 0 Å². The van der Waals surface area contributed by atoms with Crippen LogP contribution in [-0.4, -0.2) is 14.2 Å². The van der Waals surface area contributed by atoms with Gasteiger partial charge in [0.2, 0.25) is 0 Å². The van der Waals surface area contributed by atoms with Gasteiger partial charge in [-0.1, -0.05) is 30.2 Å². The largest absolute Gasteiger partial charge is 0.497 e. The lowest BCUT2D eigenvalue weighted by Crippen LogP contribution is -2.16. The smallest absolute Gasteiger partial charge is 0.150 e. The predicted octanol–water partition coefficient (Wildman–Crippen LogP) is 6.14. The minimum absolute atomic E-state index is 0.235. The summed E-state index contributed by atoms with van der Waals surface area (Å²) < 4.78 is 17.5. The second-order valence-corrected chi connectivity index (χ2v) is 7.13. The van der Waals surface area contributed by atoms with Gasteiger partial charge in [-0.05, 0) is 73.0 Å². The molecule has 0 aromatic heterocycles. The number of fused-ring (bicyclic) bond motifs is 1. The highest BCUT2D eigenvalue weighted by Gasteiger charge is 2.29. The maximum absolute atomic E-state index is 6.54. The van der Waals surface area contributed by atoms with Gasteiger partial charge in [-0.25, -0.2) is 0 Å². The van der Waals surface area contributed by atoms with Crippen LogP contribution in [0.2, 0.25) is 0 Å². The lowest BCUT2D eigenvalue weighted by molar-refractivity contribution is 0.259. The van der Waals surface area contributed by atoms with Gasteiger partial charge in [0.15, 0.2) is 0 Å². The number of ether oxygens (including phenoxy) is 3. The summed E-state index contributed by atoms with van der Waals surface area (Å²) in [4.78, 5) is 0. The average Bonchev–Trinajstić information content (AvgIpc) is 2.79. The Hall–Kier alpha value is -3.64. The van der Waals surface area contributed by atoms with Crippen molar-refractivity contribution < 1.29 is 14.2 Å². The Morgan fingerprint density at radius 3 is 2.30 bits per heavy atom. The molecular weight excluding hydrogens is 372 g/mol. The van der Waals surface area contributed by atoms with Crippen molar-refractivity contribution in [2.24, 2.45) is 0 Å². The molecule has 0 spiro atoms. The van der Waals surface area contributed by atoms with Crippen LogP contribution in [0.4, 0.5) is 0 Å². The summed E-state index contributed by atoms with van der Waals surface area (Å²) in [6.07, 6.45) is -0.235. The third kappa shape index (κ3) is 3.65. The summed E-state index contributed by atoms with van der Waals surface area (Å²) >= 11 is 0. The monoisotopic (exact) mass is 396 g/mol. The Morgan fingerprint density at radius 2 is 1.60 bits per heavy atom. The molecule has 150 valence electrons. The van der Waals surface area contributed by atoms with E-state index in [9.17, 15) is 0 Å². The van der Waals surface area contributed by atoms with E-state index in [1.807, 2.05) is 49.4 Å². The lowest BCUT2D eigenvalue weighted by atomic mass is 9.86. The average molecular weight is 396 g/mol. The molecule has 1 aliphatic heterocycles. The van der Waals surface area contributed by atoms with Crippen LogP contribution in [0.5, 0.6) is 17.2 Å². The van der Waals surface area contributed by atoms with E-state index in [0.29, 0.717) is 0 Å². The van der Waals surface area contributed by atoms with Gasteiger partial charge in [0.05, 0.1) is 14.2 Å². The van der Waals surface area contributed by atoms with Gasteiger partial charge in [0, 0.05) is 16.7 Å². The molecule has 3 nitrogen and oxygen atoms in total. The van der Waals surface area contributed by atoms with E-state index in [-0.39, 0.29) is 6.10 Å². The highest BCUT2D eigenvalue weighted by atomic mass is 16.5. The molecule has 0 saturated carbocycles. The van der Waals surface area contributed by atoms with Gasteiger partial charge in [-0.3, -0.25) is 0 Å². The molecule has 1 unspecified atom stereocenters. The molecule has 30 heavy (non-hydrogen) atoms. The molecule has 0 bridgehead atoms. The van der Waals surface area contributed by atoms with Gasteiger partial charge in [0.25, 0.3) is 0 Å². The minimum atomic E-state index is -0.235. The minimum Gasteiger partial charge on any atom is -0.497 e. The van der Waals surface area contributed by atoms with Crippen LogP contribution in [0.3, 0.4) is 0 Å². The second-order valence-electron chi connectivity index (χ2n) is 7.13. The van der Waals surface area contributed by atoms with E-state index in [1.165, 1.54) is 0 Å².